The van der Waals surface area contributed by atoms with Gasteiger partial charge in [-0.05, 0) is 17.7 Å². The zero-order valence-corrected chi connectivity index (χ0v) is 14.3. The van der Waals surface area contributed by atoms with Gasteiger partial charge in [-0.15, -0.1) is 0 Å². The maximum Gasteiger partial charge on any atom is 0.167 e. The van der Waals surface area contributed by atoms with E-state index < -0.39 is 31.1 Å². The molecule has 1 fully saturated rings. The Bertz CT molecular complexity index is 948. The Morgan fingerprint density at radius 2 is 2.04 bits per heavy atom. The molecule has 6 N–H and O–H groups in total. The lowest BCUT2D eigenvalue weighted by Crippen LogP contribution is -2.33. The van der Waals surface area contributed by atoms with E-state index >= 15 is 0 Å². The zero-order valence-electron chi connectivity index (χ0n) is 14.3. The van der Waals surface area contributed by atoms with Crippen LogP contribution in [0.2, 0.25) is 0 Å². The quantitative estimate of drug-likeness (QED) is 0.378. The van der Waals surface area contributed by atoms with Crippen LogP contribution in [-0.4, -0.2) is 59.8 Å². The predicted molar refractivity (Wildman–Crippen MR) is 96.5 cm³/mol. The summed E-state index contributed by atoms with van der Waals surface area (Å²) in [5, 5.41) is 32.7. The van der Waals surface area contributed by atoms with Gasteiger partial charge >= 0.3 is 0 Å². The lowest BCUT2D eigenvalue weighted by atomic mass is 10.1. The molecule has 10 heteroatoms. The monoisotopic (exact) mass is 372 g/mol. The number of nitrogen functional groups attached to an aromatic ring is 1. The van der Waals surface area contributed by atoms with E-state index in [2.05, 4.69) is 20.3 Å². The summed E-state index contributed by atoms with van der Waals surface area (Å²) in [6, 6.07) is 7.50. The van der Waals surface area contributed by atoms with E-state index in [0.29, 0.717) is 29.2 Å². The summed E-state index contributed by atoms with van der Waals surface area (Å²) < 4.78 is 7.07. The second kappa shape index (κ2) is 7.08. The summed E-state index contributed by atoms with van der Waals surface area (Å²) in [6.07, 6.45) is -1.34. The maximum atomic E-state index is 10.2. The number of benzene rings is 1. The smallest absolute Gasteiger partial charge is 0.167 e. The summed E-state index contributed by atoms with van der Waals surface area (Å²) in [6.45, 7) is 0.0984. The molecule has 0 amide bonds. The van der Waals surface area contributed by atoms with Gasteiger partial charge in [-0.1, -0.05) is 12.1 Å². The van der Waals surface area contributed by atoms with Gasteiger partial charge in [-0.3, -0.25) is 4.57 Å². The Labute approximate surface area is 154 Å². The van der Waals surface area contributed by atoms with Crippen molar-refractivity contribution in [3.8, 4) is 0 Å². The molecule has 1 aromatic carbocycles. The first-order valence-electron chi connectivity index (χ1n) is 8.46. The minimum absolute atomic E-state index is 0.399. The standard InChI is InChI=1S/C17H20N6O4/c18-10-3-1-2-9(4-10)5-19-15-12-16(21-7-20-15)23(8-22-12)17-14(26)13(25)11(6-24)27-17/h1-4,7-8,11,13-14,17,24-26H,5-6,18H2,(H,19,20,21)/t11-,13-,14-,17?/m1/s1. The average molecular weight is 372 g/mol. The summed E-state index contributed by atoms with van der Waals surface area (Å²) in [4.78, 5) is 12.8. The van der Waals surface area contributed by atoms with Crippen LogP contribution >= 0.6 is 0 Å². The number of aromatic nitrogens is 4. The van der Waals surface area contributed by atoms with Crippen LogP contribution < -0.4 is 11.1 Å². The maximum absolute atomic E-state index is 10.2. The van der Waals surface area contributed by atoms with Gasteiger partial charge in [-0.2, -0.15) is 0 Å². The van der Waals surface area contributed by atoms with Gasteiger partial charge in [0, 0.05) is 12.2 Å². The lowest BCUT2D eigenvalue weighted by molar-refractivity contribution is -0.0511. The van der Waals surface area contributed by atoms with Gasteiger partial charge in [-0.25, -0.2) is 15.0 Å². The number of nitrogens with zero attached hydrogens (tertiary/aromatic N) is 4. The number of fused-ring (bicyclic) bond motifs is 1. The first kappa shape index (κ1) is 17.6. The van der Waals surface area contributed by atoms with Gasteiger partial charge < -0.3 is 31.1 Å². The molecule has 0 aliphatic carbocycles. The second-order valence-corrected chi connectivity index (χ2v) is 6.37. The summed E-state index contributed by atoms with van der Waals surface area (Å²) in [5.41, 5.74) is 8.40. The van der Waals surface area contributed by atoms with Crippen LogP contribution in [0.15, 0.2) is 36.9 Å². The van der Waals surface area contributed by atoms with Crippen LogP contribution in [-0.2, 0) is 11.3 Å². The zero-order chi connectivity index (χ0) is 19.0. The molecule has 1 saturated heterocycles. The molecule has 1 aliphatic rings. The van der Waals surface area contributed by atoms with Gasteiger partial charge in [0.1, 0.15) is 24.6 Å². The molecule has 142 valence electrons. The number of aliphatic hydroxyl groups excluding tert-OH is 3. The minimum Gasteiger partial charge on any atom is -0.399 e. The number of aliphatic hydroxyl groups is 3. The van der Waals surface area contributed by atoms with Gasteiger partial charge in [0.05, 0.1) is 12.9 Å². The molecule has 4 rings (SSSR count). The third kappa shape index (κ3) is 3.19. The summed E-state index contributed by atoms with van der Waals surface area (Å²) in [7, 11) is 0. The second-order valence-electron chi connectivity index (χ2n) is 6.37. The Hall–Kier alpha value is -2.79. The molecule has 3 aromatic rings. The van der Waals surface area contributed by atoms with E-state index in [9.17, 15) is 15.3 Å². The highest BCUT2D eigenvalue weighted by Crippen LogP contribution is 2.32. The highest BCUT2D eigenvalue weighted by molar-refractivity contribution is 5.82. The molecule has 1 unspecified atom stereocenters. The highest BCUT2D eigenvalue weighted by Gasteiger charge is 2.44. The topological polar surface area (TPSA) is 152 Å². The van der Waals surface area contributed by atoms with E-state index in [-0.39, 0.29) is 0 Å². The first-order valence-corrected chi connectivity index (χ1v) is 8.46. The molecule has 0 radical (unpaired) electrons. The van der Waals surface area contributed by atoms with Crippen LogP contribution in [0.3, 0.4) is 0 Å². The van der Waals surface area contributed by atoms with Crippen molar-refractivity contribution in [3.63, 3.8) is 0 Å². The van der Waals surface area contributed by atoms with E-state index in [1.54, 1.807) is 0 Å². The fourth-order valence-electron chi connectivity index (χ4n) is 3.17. The molecule has 0 spiro atoms. The Kier molecular flexibility index (Phi) is 4.62. The van der Waals surface area contributed by atoms with Crippen LogP contribution in [0.4, 0.5) is 11.5 Å². The average Bonchev–Trinajstić information content (AvgIpc) is 3.22. The number of hydrogen-bond donors (Lipinski definition) is 5. The molecular formula is C17H20N6O4. The number of nitrogens with one attached hydrogen (secondary N) is 1. The van der Waals surface area contributed by atoms with Crippen molar-refractivity contribution in [1.29, 1.82) is 0 Å². The molecule has 27 heavy (non-hydrogen) atoms. The molecule has 0 bridgehead atoms. The number of nitrogens with two attached hydrogens (primary N) is 1. The lowest BCUT2D eigenvalue weighted by Gasteiger charge is -2.16. The molecule has 4 atom stereocenters. The van der Waals surface area contributed by atoms with Crippen molar-refractivity contribution in [2.45, 2.75) is 31.1 Å². The minimum atomic E-state index is -1.21. The fraction of sp³-hybridized carbons (Fsp3) is 0.353. The highest BCUT2D eigenvalue weighted by atomic mass is 16.6. The molecular weight excluding hydrogens is 352 g/mol. The summed E-state index contributed by atoms with van der Waals surface area (Å²) in [5.74, 6) is 0.521. The first-order chi connectivity index (χ1) is 13.1. The van der Waals surface area contributed by atoms with Crippen LogP contribution in [0.5, 0.6) is 0 Å². The number of ether oxygens (including phenoxy) is 1. The predicted octanol–water partition coefficient (Wildman–Crippen LogP) is -0.368. The number of anilines is 2. The molecule has 2 aromatic heterocycles. The van der Waals surface area contributed by atoms with Crippen molar-refractivity contribution < 1.29 is 20.1 Å². The molecule has 3 heterocycles. The van der Waals surface area contributed by atoms with E-state index in [0.717, 1.165) is 5.56 Å². The van der Waals surface area contributed by atoms with Gasteiger partial charge in [0.25, 0.3) is 0 Å². The van der Waals surface area contributed by atoms with Gasteiger partial charge in [0.15, 0.2) is 23.2 Å². The van der Waals surface area contributed by atoms with Crippen molar-refractivity contribution in [3.05, 3.63) is 42.5 Å². The van der Waals surface area contributed by atoms with Crippen molar-refractivity contribution in [2.24, 2.45) is 0 Å². The van der Waals surface area contributed by atoms with Crippen LogP contribution in [0.25, 0.3) is 11.2 Å². The van der Waals surface area contributed by atoms with Crippen molar-refractivity contribution >= 4 is 22.7 Å². The molecule has 0 saturated carbocycles. The van der Waals surface area contributed by atoms with Crippen LogP contribution in [0.1, 0.15) is 11.8 Å². The van der Waals surface area contributed by atoms with Crippen molar-refractivity contribution in [2.75, 3.05) is 17.7 Å². The van der Waals surface area contributed by atoms with Crippen LogP contribution in [0, 0.1) is 0 Å². The number of rotatable bonds is 5. The van der Waals surface area contributed by atoms with E-state index in [1.807, 2.05) is 24.3 Å². The fourth-order valence-corrected chi connectivity index (χ4v) is 3.17. The van der Waals surface area contributed by atoms with E-state index in [1.165, 1.54) is 17.2 Å². The van der Waals surface area contributed by atoms with Crippen molar-refractivity contribution in [1.82, 2.24) is 19.5 Å². The third-order valence-electron chi connectivity index (χ3n) is 4.56. The summed E-state index contributed by atoms with van der Waals surface area (Å²) >= 11 is 0. The Morgan fingerprint density at radius 3 is 2.78 bits per heavy atom. The number of imidazole rings is 1. The van der Waals surface area contributed by atoms with Gasteiger partial charge in [0.2, 0.25) is 0 Å². The third-order valence-corrected chi connectivity index (χ3v) is 4.56. The number of hydrogen-bond acceptors (Lipinski definition) is 9. The normalized spacial score (nSPS) is 25.1. The molecule has 1 aliphatic heterocycles. The largest absolute Gasteiger partial charge is 0.399 e. The Balaban J connectivity index is 1.60. The Morgan fingerprint density at radius 1 is 1.19 bits per heavy atom. The van der Waals surface area contributed by atoms with E-state index in [4.69, 9.17) is 10.5 Å². The SMILES string of the molecule is Nc1cccc(CNc2ncnc3c2ncn3C2O[C@H](CO)[C@@H](O)[C@H]2O)c1. The molecule has 10 nitrogen and oxygen atoms in total.